The average Bonchev–Trinajstić information content (AvgIpc) is 2.43. The molecule has 3 rings (SSSR count). The molecule has 0 spiro atoms. The molecule has 5 nitrogen and oxygen atoms in total. The number of likely N-dealkylation sites (N-methyl/N-ethyl adjacent to an activating group) is 1. The first-order chi connectivity index (χ1) is 10.1. The molecular formula is C15H21FN4O. The molecule has 0 aromatic carbocycles. The number of aldehydes is 1. The molecule has 2 fully saturated rings. The predicted molar refractivity (Wildman–Crippen MR) is 79.2 cm³/mol. The summed E-state index contributed by atoms with van der Waals surface area (Å²) in [6.45, 7) is 7.32. The fraction of sp³-hybridized carbons (Fsp3) is 0.600. The van der Waals surface area contributed by atoms with Gasteiger partial charge in [0.2, 0.25) is 0 Å². The van der Waals surface area contributed by atoms with Gasteiger partial charge in [-0.2, -0.15) is 0 Å². The fourth-order valence-electron chi connectivity index (χ4n) is 2.99. The van der Waals surface area contributed by atoms with Crippen LogP contribution in [0.4, 0.5) is 10.2 Å². The molecule has 0 amide bonds. The number of pyridine rings is 1. The molecule has 2 aliphatic heterocycles. The Morgan fingerprint density at radius 3 is 2.71 bits per heavy atom. The van der Waals surface area contributed by atoms with Gasteiger partial charge < -0.3 is 9.80 Å². The summed E-state index contributed by atoms with van der Waals surface area (Å²) >= 11 is 0. The van der Waals surface area contributed by atoms with E-state index in [0.717, 1.165) is 32.7 Å². The maximum absolute atomic E-state index is 13.3. The van der Waals surface area contributed by atoms with Crippen molar-refractivity contribution in [2.24, 2.45) is 0 Å². The van der Waals surface area contributed by atoms with Gasteiger partial charge in [0.1, 0.15) is 11.5 Å². The highest BCUT2D eigenvalue weighted by Gasteiger charge is 2.35. The number of piperazine rings is 1. The van der Waals surface area contributed by atoms with Crippen LogP contribution in [-0.4, -0.2) is 72.9 Å². The Hall–Kier alpha value is -1.53. The predicted octanol–water partition coefficient (Wildman–Crippen LogP) is 0.858. The molecule has 0 aliphatic carbocycles. The number of halogens is 1. The summed E-state index contributed by atoms with van der Waals surface area (Å²) in [7, 11) is 2.17. The second-order valence-electron chi connectivity index (χ2n) is 6.04. The van der Waals surface area contributed by atoms with E-state index in [-0.39, 0.29) is 5.69 Å². The third kappa shape index (κ3) is 2.78. The number of carbonyl (C=O) groups excluding carboxylic acids is 1. The summed E-state index contributed by atoms with van der Waals surface area (Å²) in [6.07, 6.45) is 0.470. The van der Waals surface area contributed by atoms with E-state index >= 15 is 0 Å². The van der Waals surface area contributed by atoms with Crippen LogP contribution < -0.4 is 4.90 Å². The monoisotopic (exact) mass is 292 g/mol. The minimum atomic E-state index is -0.557. The van der Waals surface area contributed by atoms with Crippen LogP contribution in [0.2, 0.25) is 0 Å². The third-order valence-corrected chi connectivity index (χ3v) is 4.66. The number of nitrogens with zero attached hydrogens (tertiary/aromatic N) is 4. The van der Waals surface area contributed by atoms with Crippen LogP contribution >= 0.6 is 0 Å². The fourth-order valence-corrected chi connectivity index (χ4v) is 2.99. The molecule has 21 heavy (non-hydrogen) atoms. The van der Waals surface area contributed by atoms with Crippen LogP contribution in [0.15, 0.2) is 12.1 Å². The lowest BCUT2D eigenvalue weighted by Gasteiger charge is -2.49. The second kappa shape index (κ2) is 5.69. The minimum absolute atomic E-state index is 0.107. The molecular weight excluding hydrogens is 271 g/mol. The summed E-state index contributed by atoms with van der Waals surface area (Å²) in [6, 6.07) is 4.08. The Morgan fingerprint density at radius 1 is 1.29 bits per heavy atom. The van der Waals surface area contributed by atoms with Gasteiger partial charge in [-0.3, -0.25) is 9.69 Å². The molecule has 2 saturated heterocycles. The maximum Gasteiger partial charge on any atom is 0.171 e. The van der Waals surface area contributed by atoms with E-state index in [1.807, 2.05) is 0 Å². The van der Waals surface area contributed by atoms with Crippen LogP contribution in [0.3, 0.4) is 0 Å². The van der Waals surface area contributed by atoms with Gasteiger partial charge in [0.25, 0.3) is 0 Å². The summed E-state index contributed by atoms with van der Waals surface area (Å²) < 4.78 is 13.3. The number of rotatable bonds is 3. The van der Waals surface area contributed by atoms with Gasteiger partial charge in [-0.05, 0) is 26.1 Å². The van der Waals surface area contributed by atoms with E-state index in [1.54, 1.807) is 6.07 Å². The zero-order valence-electron chi connectivity index (χ0n) is 12.5. The molecule has 6 heteroatoms. The highest BCUT2D eigenvalue weighted by Crippen LogP contribution is 2.24. The molecule has 0 N–H and O–H groups in total. The van der Waals surface area contributed by atoms with E-state index in [2.05, 4.69) is 33.7 Å². The van der Waals surface area contributed by atoms with Gasteiger partial charge in [-0.1, -0.05) is 0 Å². The number of hydrogen-bond acceptors (Lipinski definition) is 5. The number of anilines is 1. The lowest BCUT2D eigenvalue weighted by molar-refractivity contribution is 0.0610. The zero-order chi connectivity index (χ0) is 15.0. The smallest absolute Gasteiger partial charge is 0.171 e. The highest BCUT2D eigenvalue weighted by atomic mass is 19.1. The van der Waals surface area contributed by atoms with Crippen molar-refractivity contribution in [1.82, 2.24) is 14.8 Å². The topological polar surface area (TPSA) is 39.7 Å². The lowest BCUT2D eigenvalue weighted by atomic mass is 10.0. The number of hydrogen-bond donors (Lipinski definition) is 0. The summed E-state index contributed by atoms with van der Waals surface area (Å²) in [5.41, 5.74) is -0.107. The molecule has 0 saturated carbocycles. The van der Waals surface area contributed by atoms with E-state index < -0.39 is 5.82 Å². The number of carbonyl (C=O) groups is 1. The number of aromatic nitrogens is 1. The van der Waals surface area contributed by atoms with Crippen molar-refractivity contribution in [1.29, 1.82) is 0 Å². The molecule has 0 bridgehead atoms. The van der Waals surface area contributed by atoms with Crippen molar-refractivity contribution in [3.63, 3.8) is 0 Å². The van der Waals surface area contributed by atoms with E-state index in [1.165, 1.54) is 6.07 Å². The molecule has 1 aromatic rings. The summed E-state index contributed by atoms with van der Waals surface area (Å²) in [5.74, 6) is 0.135. The standard InChI is InChI=1S/C15H21FN4O/c1-11-7-19(6-5-18(11)2)12-8-20(9-12)15-4-3-13(16)14(10-21)17-15/h3-4,10-12H,5-9H2,1-2H3/t11-/m1/s1. The van der Waals surface area contributed by atoms with E-state index in [9.17, 15) is 9.18 Å². The molecule has 3 heterocycles. The van der Waals surface area contributed by atoms with Gasteiger partial charge >= 0.3 is 0 Å². The Balaban J connectivity index is 1.59. The van der Waals surface area contributed by atoms with E-state index in [0.29, 0.717) is 24.2 Å². The van der Waals surface area contributed by atoms with Crippen LogP contribution in [0.5, 0.6) is 0 Å². The van der Waals surface area contributed by atoms with Crippen molar-refractivity contribution in [2.45, 2.75) is 19.0 Å². The molecule has 0 radical (unpaired) electrons. The lowest BCUT2D eigenvalue weighted by Crippen LogP contribution is -2.64. The first-order valence-electron chi connectivity index (χ1n) is 7.39. The molecule has 1 atom stereocenters. The average molecular weight is 292 g/mol. The quantitative estimate of drug-likeness (QED) is 0.773. The van der Waals surface area contributed by atoms with Crippen LogP contribution in [-0.2, 0) is 0 Å². The van der Waals surface area contributed by atoms with E-state index in [4.69, 9.17) is 0 Å². The summed E-state index contributed by atoms with van der Waals surface area (Å²) in [5, 5.41) is 0. The SMILES string of the molecule is C[C@@H]1CN(C2CN(c3ccc(F)c(C=O)n3)C2)CCN1C. The molecule has 0 unspecified atom stereocenters. The molecule has 2 aliphatic rings. The second-order valence-corrected chi connectivity index (χ2v) is 6.04. The van der Waals surface area contributed by atoms with Crippen LogP contribution in [0.25, 0.3) is 0 Å². The largest absolute Gasteiger partial charge is 0.353 e. The Labute approximate surface area is 124 Å². The van der Waals surface area contributed by atoms with Crippen LogP contribution in [0, 0.1) is 5.82 Å². The first kappa shape index (κ1) is 14.4. The Morgan fingerprint density at radius 2 is 2.05 bits per heavy atom. The zero-order valence-corrected chi connectivity index (χ0v) is 12.5. The van der Waals surface area contributed by atoms with Gasteiger partial charge in [0.05, 0.1) is 0 Å². The molecule has 1 aromatic heterocycles. The van der Waals surface area contributed by atoms with Crippen molar-refractivity contribution < 1.29 is 9.18 Å². The first-order valence-corrected chi connectivity index (χ1v) is 7.39. The van der Waals surface area contributed by atoms with Gasteiger partial charge in [0.15, 0.2) is 12.1 Å². The normalized spacial score (nSPS) is 24.9. The van der Waals surface area contributed by atoms with Gasteiger partial charge in [-0.15, -0.1) is 0 Å². The maximum atomic E-state index is 13.3. The van der Waals surface area contributed by atoms with Gasteiger partial charge in [0, 0.05) is 44.8 Å². The third-order valence-electron chi connectivity index (χ3n) is 4.66. The highest BCUT2D eigenvalue weighted by molar-refractivity contribution is 5.73. The summed E-state index contributed by atoms with van der Waals surface area (Å²) in [4.78, 5) is 21.8. The minimum Gasteiger partial charge on any atom is -0.353 e. The van der Waals surface area contributed by atoms with Crippen LogP contribution in [0.1, 0.15) is 17.4 Å². The van der Waals surface area contributed by atoms with Crippen molar-refractivity contribution in [3.05, 3.63) is 23.6 Å². The van der Waals surface area contributed by atoms with Gasteiger partial charge in [-0.25, -0.2) is 9.37 Å². The van der Waals surface area contributed by atoms with Crippen molar-refractivity contribution in [2.75, 3.05) is 44.7 Å². The van der Waals surface area contributed by atoms with Crippen molar-refractivity contribution >= 4 is 12.1 Å². The molecule has 114 valence electrons. The van der Waals surface area contributed by atoms with Crippen molar-refractivity contribution in [3.8, 4) is 0 Å². The Kier molecular flexibility index (Phi) is 3.91. The Bertz CT molecular complexity index is 532.